The summed E-state index contributed by atoms with van der Waals surface area (Å²) in [6.45, 7) is 6.38. The van der Waals surface area contributed by atoms with Crippen LogP contribution in [0.25, 0.3) is 10.8 Å². The molecule has 0 saturated heterocycles. The number of carbonyl (C=O) groups excluding carboxylic acids is 1. The number of halogens is 1. The highest BCUT2D eigenvalue weighted by atomic mass is 32.2. The molecule has 4 rings (SSSR count). The highest BCUT2D eigenvalue weighted by Gasteiger charge is 2.32. The number of anilines is 2. The summed E-state index contributed by atoms with van der Waals surface area (Å²) >= 11 is 1.60. The fraction of sp³-hybridized carbons (Fsp3) is 0.265. The van der Waals surface area contributed by atoms with Gasteiger partial charge in [-0.05, 0) is 59.8 Å². The Bertz CT molecular complexity index is 1550. The number of rotatable bonds is 11. The number of carboxylic acid groups (broad SMARTS) is 1. The molecule has 0 aliphatic rings. The molecule has 0 radical (unpaired) electrons. The highest BCUT2D eigenvalue weighted by Crippen LogP contribution is 2.33. The van der Waals surface area contributed by atoms with Crippen LogP contribution < -0.4 is 15.8 Å². The first-order valence-corrected chi connectivity index (χ1v) is 14.8. The Hall–Kier alpha value is -4.75. The summed E-state index contributed by atoms with van der Waals surface area (Å²) in [4.78, 5) is 32.0. The number of benzene rings is 3. The molecule has 0 bridgehead atoms. The number of nitrogens with zero attached hydrogens (tertiary/aromatic N) is 2. The zero-order chi connectivity index (χ0) is 32.6. The van der Waals surface area contributed by atoms with Crippen molar-refractivity contribution in [2.24, 2.45) is 0 Å². The molecular formula is C34H39FN4O4S. The normalized spacial score (nSPS) is 10.9. The van der Waals surface area contributed by atoms with Gasteiger partial charge >= 0.3 is 5.97 Å². The van der Waals surface area contributed by atoms with Gasteiger partial charge in [0.05, 0.1) is 13.7 Å². The Morgan fingerprint density at radius 1 is 1.09 bits per heavy atom. The van der Waals surface area contributed by atoms with Crippen molar-refractivity contribution >= 4 is 45.9 Å². The number of ether oxygens (including phenoxy) is 1. The number of carboxylic acids is 1. The highest BCUT2D eigenvalue weighted by molar-refractivity contribution is 8.00. The zero-order valence-corrected chi connectivity index (χ0v) is 26.2. The molecule has 4 aromatic rings. The first kappa shape index (κ1) is 35.4. The summed E-state index contributed by atoms with van der Waals surface area (Å²) < 4.78 is 17.1. The fourth-order valence-corrected chi connectivity index (χ4v) is 5.32. The third-order valence-corrected chi connectivity index (χ3v) is 7.30. The van der Waals surface area contributed by atoms with Gasteiger partial charge in [-0.15, -0.1) is 24.6 Å². The Balaban J connectivity index is 0.000000519. The Morgan fingerprint density at radius 2 is 1.77 bits per heavy atom. The molecule has 0 saturated carbocycles. The lowest BCUT2D eigenvalue weighted by Crippen LogP contribution is -2.42. The van der Waals surface area contributed by atoms with Crippen LogP contribution in [-0.4, -0.2) is 52.3 Å². The summed E-state index contributed by atoms with van der Waals surface area (Å²) in [5.74, 6) is -0.894. The van der Waals surface area contributed by atoms with Gasteiger partial charge < -0.3 is 25.8 Å². The van der Waals surface area contributed by atoms with Crippen LogP contribution in [0.3, 0.4) is 0 Å². The maximum Gasteiger partial charge on any atom is 0.331 e. The molecule has 0 aliphatic carbocycles. The first-order chi connectivity index (χ1) is 21.2. The Labute approximate surface area is 262 Å². The molecule has 8 nitrogen and oxygen atoms in total. The summed E-state index contributed by atoms with van der Waals surface area (Å²) in [6, 6.07) is 20.1. The summed E-state index contributed by atoms with van der Waals surface area (Å²) in [7, 11) is 1.44. The quantitative estimate of drug-likeness (QED) is 0.123. The van der Waals surface area contributed by atoms with Gasteiger partial charge in [-0.3, -0.25) is 4.79 Å². The molecule has 1 heterocycles. The number of hydrogen-bond donors (Lipinski definition) is 3. The number of nitrogen functional groups attached to an aromatic ring is 1. The summed E-state index contributed by atoms with van der Waals surface area (Å²) in [5, 5.41) is 15.3. The SMILES string of the molecule is C#C.CCCN(C(=O)CNc1ccc2c(N)nccc2c1)[C@H](C(=O)O)c1ccccc1SC(C)C.COc1ccccc1F. The average Bonchev–Trinajstić information content (AvgIpc) is 3.01. The minimum atomic E-state index is -1.05. The number of methoxy groups -OCH3 is 1. The molecule has 3 aromatic carbocycles. The van der Waals surface area contributed by atoms with Crippen LogP contribution >= 0.6 is 11.8 Å². The number of nitrogens with one attached hydrogen (secondary N) is 1. The third-order valence-electron chi connectivity index (χ3n) is 6.20. The smallest absolute Gasteiger partial charge is 0.331 e. The second kappa shape index (κ2) is 18.0. The van der Waals surface area contributed by atoms with Crippen molar-refractivity contribution in [1.82, 2.24) is 9.88 Å². The maximum absolute atomic E-state index is 13.2. The van der Waals surface area contributed by atoms with E-state index in [0.29, 0.717) is 24.3 Å². The number of hydrogen-bond acceptors (Lipinski definition) is 7. The summed E-state index contributed by atoms with van der Waals surface area (Å²) in [6.07, 6.45) is 10.3. The van der Waals surface area contributed by atoms with E-state index in [1.165, 1.54) is 18.1 Å². The van der Waals surface area contributed by atoms with E-state index in [1.807, 2.05) is 49.4 Å². The number of pyridine rings is 1. The second-order valence-electron chi connectivity index (χ2n) is 9.65. The number of aliphatic carboxylic acids is 1. The van der Waals surface area contributed by atoms with Crippen LogP contribution in [0.2, 0.25) is 0 Å². The van der Waals surface area contributed by atoms with E-state index in [9.17, 15) is 19.1 Å². The topological polar surface area (TPSA) is 118 Å². The predicted molar refractivity (Wildman–Crippen MR) is 177 cm³/mol. The van der Waals surface area contributed by atoms with Crippen LogP contribution in [-0.2, 0) is 9.59 Å². The van der Waals surface area contributed by atoms with Gasteiger partial charge in [-0.2, -0.15) is 0 Å². The Morgan fingerprint density at radius 3 is 2.39 bits per heavy atom. The van der Waals surface area contributed by atoms with E-state index in [0.717, 1.165) is 21.4 Å². The van der Waals surface area contributed by atoms with E-state index in [-0.39, 0.29) is 29.3 Å². The van der Waals surface area contributed by atoms with Crippen LogP contribution in [0.1, 0.15) is 38.8 Å². The number of amides is 1. The third kappa shape index (κ3) is 9.92. The lowest BCUT2D eigenvalue weighted by atomic mass is 10.0. The largest absolute Gasteiger partial charge is 0.494 e. The molecule has 4 N–H and O–H groups in total. The van der Waals surface area contributed by atoms with Crippen molar-refractivity contribution in [1.29, 1.82) is 0 Å². The van der Waals surface area contributed by atoms with Crippen LogP contribution in [0.4, 0.5) is 15.9 Å². The van der Waals surface area contributed by atoms with Crippen LogP contribution in [0.15, 0.2) is 83.9 Å². The van der Waals surface area contributed by atoms with E-state index >= 15 is 0 Å². The monoisotopic (exact) mass is 618 g/mol. The number of terminal acetylenes is 1. The lowest BCUT2D eigenvalue weighted by Gasteiger charge is -2.30. The van der Waals surface area contributed by atoms with Gasteiger partial charge in [0, 0.05) is 34.0 Å². The van der Waals surface area contributed by atoms with Crippen molar-refractivity contribution in [3.8, 4) is 18.6 Å². The van der Waals surface area contributed by atoms with Crippen molar-refractivity contribution in [3.63, 3.8) is 0 Å². The van der Waals surface area contributed by atoms with Gasteiger partial charge in [0.1, 0.15) is 5.82 Å². The van der Waals surface area contributed by atoms with E-state index < -0.39 is 12.0 Å². The molecule has 10 heteroatoms. The molecule has 1 amide bonds. The van der Waals surface area contributed by atoms with Gasteiger partial charge in [0.25, 0.3) is 0 Å². The molecule has 0 aliphatic heterocycles. The number of fused-ring (bicyclic) bond motifs is 1. The zero-order valence-electron chi connectivity index (χ0n) is 25.4. The molecule has 0 fully saturated rings. The van der Waals surface area contributed by atoms with Gasteiger partial charge in [0.15, 0.2) is 17.6 Å². The van der Waals surface area contributed by atoms with Gasteiger partial charge in [0.2, 0.25) is 5.91 Å². The minimum Gasteiger partial charge on any atom is -0.494 e. The first-order valence-electron chi connectivity index (χ1n) is 13.9. The average molecular weight is 619 g/mol. The molecule has 1 atom stereocenters. The van der Waals surface area contributed by atoms with E-state index in [2.05, 4.69) is 41.7 Å². The van der Waals surface area contributed by atoms with E-state index in [1.54, 1.807) is 42.2 Å². The fourth-order valence-electron chi connectivity index (χ4n) is 4.34. The molecular weight excluding hydrogens is 579 g/mol. The molecule has 1 aromatic heterocycles. The van der Waals surface area contributed by atoms with Gasteiger partial charge in [-0.1, -0.05) is 51.1 Å². The number of para-hydroxylation sites is 1. The number of aromatic nitrogens is 1. The number of thioether (sulfide) groups is 1. The molecule has 0 spiro atoms. The van der Waals surface area contributed by atoms with Crippen molar-refractivity contribution in [2.45, 2.75) is 43.4 Å². The van der Waals surface area contributed by atoms with E-state index in [4.69, 9.17) is 5.73 Å². The van der Waals surface area contributed by atoms with Gasteiger partial charge in [-0.25, -0.2) is 14.2 Å². The molecule has 44 heavy (non-hydrogen) atoms. The molecule has 232 valence electrons. The number of nitrogens with two attached hydrogens (primary N) is 1. The maximum atomic E-state index is 13.2. The summed E-state index contributed by atoms with van der Waals surface area (Å²) in [5.41, 5.74) is 7.30. The van der Waals surface area contributed by atoms with Crippen molar-refractivity contribution in [3.05, 3.63) is 90.4 Å². The Kier molecular flexibility index (Phi) is 14.5. The predicted octanol–water partition coefficient (Wildman–Crippen LogP) is 6.88. The van der Waals surface area contributed by atoms with Crippen molar-refractivity contribution < 1.29 is 23.8 Å². The minimum absolute atomic E-state index is 0.0185. The lowest BCUT2D eigenvalue weighted by molar-refractivity contribution is -0.150. The van der Waals surface area contributed by atoms with Crippen LogP contribution in [0, 0.1) is 18.7 Å². The number of carbonyl (C=O) groups is 2. The van der Waals surface area contributed by atoms with Crippen molar-refractivity contribution in [2.75, 3.05) is 31.2 Å². The standard InChI is InChI=1S/C25H30N4O3S.C7H7FO.C2H2/c1-4-13-29(23(25(31)32)20-7-5-6-8-21(20)33-16(2)3)22(30)15-28-18-9-10-19-17(14-18)11-12-27-24(19)26;1-9-7-5-3-2-4-6(7)8;1-2/h5-12,14,16,23,28H,4,13,15H2,1-3H3,(H2,26,27)(H,31,32);2-5H,1H3;1-2H/t23-;;/m0../s1. The second-order valence-corrected chi connectivity index (χ2v) is 11.3. The van der Waals surface area contributed by atoms with Crippen LogP contribution in [0.5, 0.6) is 5.75 Å². The molecule has 0 unspecified atom stereocenters.